The molecule has 172 valence electrons. The summed E-state index contributed by atoms with van der Waals surface area (Å²) in [4.78, 5) is 11.2. The van der Waals surface area contributed by atoms with E-state index >= 15 is 0 Å². The van der Waals surface area contributed by atoms with Gasteiger partial charge in [0.25, 0.3) is 0 Å². The molecule has 3 aromatic rings. The topological polar surface area (TPSA) is 76.8 Å². The van der Waals surface area contributed by atoms with Crippen LogP contribution >= 0.6 is 15.9 Å². The van der Waals surface area contributed by atoms with Gasteiger partial charge in [-0.05, 0) is 52.3 Å². The smallest absolute Gasteiger partial charge is 0.199 e. The second-order valence-electron chi connectivity index (χ2n) is 9.54. The van der Waals surface area contributed by atoms with E-state index in [1.54, 1.807) is 10.7 Å². The molecule has 1 saturated heterocycles. The van der Waals surface area contributed by atoms with E-state index in [0.29, 0.717) is 18.1 Å². The third-order valence-corrected chi connectivity index (χ3v) is 11.4. The zero-order valence-corrected chi connectivity index (χ0v) is 21.9. The van der Waals surface area contributed by atoms with E-state index in [4.69, 9.17) is 9.16 Å². The van der Waals surface area contributed by atoms with Crippen molar-refractivity contribution in [1.82, 2.24) is 19.6 Å². The van der Waals surface area contributed by atoms with Crippen molar-refractivity contribution in [2.45, 2.75) is 45.5 Å². The van der Waals surface area contributed by atoms with Crippen molar-refractivity contribution in [2.75, 3.05) is 36.5 Å². The van der Waals surface area contributed by atoms with E-state index in [1.807, 2.05) is 0 Å². The Morgan fingerprint density at radius 1 is 1.19 bits per heavy atom. The Hall–Kier alpha value is -2.01. The summed E-state index contributed by atoms with van der Waals surface area (Å²) in [6.07, 6.45) is 3.24. The van der Waals surface area contributed by atoms with Crippen molar-refractivity contribution < 1.29 is 9.16 Å². The number of hydrogen-bond acceptors (Lipinski definition) is 7. The fraction of sp³-hybridized carbons (Fsp3) is 0.500. The molecule has 3 heterocycles. The molecule has 0 unspecified atom stereocenters. The summed E-state index contributed by atoms with van der Waals surface area (Å²) in [5, 5.41) is 7.81. The third-order valence-electron chi connectivity index (χ3n) is 6.35. The minimum Gasteiger partial charge on any atom is -0.412 e. The van der Waals surface area contributed by atoms with Gasteiger partial charge in [0.05, 0.1) is 26.0 Å². The molecule has 32 heavy (non-hydrogen) atoms. The molecule has 0 aliphatic carbocycles. The largest absolute Gasteiger partial charge is 0.412 e. The van der Waals surface area contributed by atoms with Crippen LogP contribution in [0.2, 0.25) is 18.1 Å². The van der Waals surface area contributed by atoms with Gasteiger partial charge in [-0.3, -0.25) is 0 Å². The summed E-state index contributed by atoms with van der Waals surface area (Å²) in [5.74, 6) is 0.654. The molecule has 10 heteroatoms. The Balaban J connectivity index is 1.64. The third kappa shape index (κ3) is 4.83. The maximum Gasteiger partial charge on any atom is 0.199 e. The summed E-state index contributed by atoms with van der Waals surface area (Å²) < 4.78 is 14.6. The van der Waals surface area contributed by atoms with Gasteiger partial charge in [-0.2, -0.15) is 5.10 Å². The van der Waals surface area contributed by atoms with Gasteiger partial charge < -0.3 is 19.4 Å². The van der Waals surface area contributed by atoms with Gasteiger partial charge in [0.15, 0.2) is 19.8 Å². The number of rotatable bonds is 6. The second-order valence-corrected chi connectivity index (χ2v) is 15.2. The Morgan fingerprint density at radius 3 is 2.66 bits per heavy atom. The quantitative estimate of drug-likeness (QED) is 0.460. The van der Waals surface area contributed by atoms with Gasteiger partial charge in [0.1, 0.15) is 10.9 Å². The number of nitrogens with one attached hydrogen (secondary N) is 1. The van der Waals surface area contributed by atoms with Gasteiger partial charge in [-0.25, -0.2) is 14.5 Å². The van der Waals surface area contributed by atoms with Crippen molar-refractivity contribution in [1.29, 1.82) is 0 Å². The van der Waals surface area contributed by atoms with Crippen LogP contribution in [-0.4, -0.2) is 54.2 Å². The first-order chi connectivity index (χ1) is 15.2. The standard InChI is InChI=1S/C22H31BrN6O2Si/c1-22(2,3)32(4,5)31-14-16-12-17(6-7-18(16)28-8-10-30-11-9-28)27-20-21-25-15-26-29(21)19(23)13-24-20/h6-7,12-13,15H,8-11,14H2,1-5H3,(H,24,27). The molecule has 0 bridgehead atoms. The van der Waals surface area contributed by atoms with Gasteiger partial charge in [0.2, 0.25) is 0 Å². The number of halogens is 1. The van der Waals surface area contributed by atoms with E-state index in [9.17, 15) is 0 Å². The average molecular weight is 520 g/mol. The van der Waals surface area contributed by atoms with Gasteiger partial charge >= 0.3 is 0 Å². The molecule has 1 aliphatic rings. The second kappa shape index (κ2) is 9.09. The van der Waals surface area contributed by atoms with Crippen LogP contribution < -0.4 is 10.2 Å². The van der Waals surface area contributed by atoms with Crippen LogP contribution in [0.25, 0.3) is 5.65 Å². The molecule has 2 aromatic heterocycles. The maximum atomic E-state index is 6.60. The van der Waals surface area contributed by atoms with Crippen molar-refractivity contribution in [3.05, 3.63) is 40.9 Å². The average Bonchev–Trinajstić information content (AvgIpc) is 3.25. The molecule has 1 aliphatic heterocycles. The molecule has 1 N–H and O–H groups in total. The number of nitrogens with zero attached hydrogens (tertiary/aromatic N) is 5. The highest BCUT2D eigenvalue weighted by Crippen LogP contribution is 2.38. The van der Waals surface area contributed by atoms with Crippen LogP contribution in [0.1, 0.15) is 26.3 Å². The molecule has 0 saturated carbocycles. The van der Waals surface area contributed by atoms with Crippen LogP contribution in [0.4, 0.5) is 17.2 Å². The lowest BCUT2D eigenvalue weighted by molar-refractivity contribution is 0.122. The minimum atomic E-state index is -1.89. The van der Waals surface area contributed by atoms with Gasteiger partial charge in [-0.15, -0.1) is 0 Å². The van der Waals surface area contributed by atoms with Crippen LogP contribution in [0, 0.1) is 0 Å². The normalized spacial score (nSPS) is 15.4. The lowest BCUT2D eigenvalue weighted by Gasteiger charge is -2.37. The van der Waals surface area contributed by atoms with Crippen LogP contribution in [-0.2, 0) is 15.8 Å². The molecule has 0 amide bonds. The zero-order chi connectivity index (χ0) is 22.9. The number of ether oxygens (including phenoxy) is 1. The summed E-state index contributed by atoms with van der Waals surface area (Å²) in [6, 6.07) is 6.41. The van der Waals surface area contributed by atoms with E-state index < -0.39 is 8.32 Å². The lowest BCUT2D eigenvalue weighted by atomic mass is 10.1. The molecule has 1 aromatic carbocycles. The number of hydrogen-bond donors (Lipinski definition) is 1. The molecule has 0 radical (unpaired) electrons. The Bertz CT molecular complexity index is 1090. The fourth-order valence-corrected chi connectivity index (χ4v) is 4.69. The van der Waals surface area contributed by atoms with E-state index in [-0.39, 0.29) is 5.04 Å². The number of fused-ring (bicyclic) bond motifs is 1. The summed E-state index contributed by atoms with van der Waals surface area (Å²) >= 11 is 3.46. The predicted octanol–water partition coefficient (Wildman–Crippen LogP) is 4.99. The highest BCUT2D eigenvalue weighted by atomic mass is 79.9. The number of aromatic nitrogens is 4. The number of benzene rings is 1. The first kappa shape index (κ1) is 23.2. The Labute approximate surface area is 198 Å². The summed E-state index contributed by atoms with van der Waals surface area (Å²) in [7, 11) is -1.89. The van der Waals surface area contributed by atoms with Crippen molar-refractivity contribution >= 4 is 47.1 Å². The highest BCUT2D eigenvalue weighted by Gasteiger charge is 2.37. The number of anilines is 3. The Morgan fingerprint density at radius 2 is 1.94 bits per heavy atom. The molecular weight excluding hydrogens is 488 g/mol. The molecular formula is C22H31BrN6O2Si. The van der Waals surface area contributed by atoms with Crippen molar-refractivity contribution in [2.24, 2.45) is 0 Å². The SMILES string of the molecule is CC(C)(C)[Si](C)(C)OCc1cc(Nc2ncc(Br)n3ncnc23)ccc1N1CCOCC1. The zero-order valence-electron chi connectivity index (χ0n) is 19.4. The van der Waals surface area contributed by atoms with E-state index in [2.05, 4.69) is 93.3 Å². The van der Waals surface area contributed by atoms with Crippen LogP contribution in [0.15, 0.2) is 35.3 Å². The summed E-state index contributed by atoms with van der Waals surface area (Å²) in [5.41, 5.74) is 3.97. The van der Waals surface area contributed by atoms with Crippen molar-refractivity contribution in [3.8, 4) is 0 Å². The van der Waals surface area contributed by atoms with Crippen LogP contribution in [0.3, 0.4) is 0 Å². The van der Waals surface area contributed by atoms with Gasteiger partial charge in [0, 0.05) is 30.0 Å². The minimum absolute atomic E-state index is 0.155. The van der Waals surface area contributed by atoms with Crippen molar-refractivity contribution in [3.63, 3.8) is 0 Å². The van der Waals surface area contributed by atoms with Crippen LogP contribution in [0.5, 0.6) is 0 Å². The first-order valence-corrected chi connectivity index (χ1v) is 14.6. The maximum absolute atomic E-state index is 6.60. The summed E-state index contributed by atoms with van der Waals surface area (Å²) in [6.45, 7) is 15.2. The predicted molar refractivity (Wildman–Crippen MR) is 133 cm³/mol. The lowest BCUT2D eigenvalue weighted by Crippen LogP contribution is -2.41. The molecule has 8 nitrogen and oxygen atoms in total. The molecule has 1 fully saturated rings. The Kier molecular flexibility index (Phi) is 6.58. The molecule has 0 atom stereocenters. The first-order valence-electron chi connectivity index (χ1n) is 10.9. The number of morpholine rings is 1. The van der Waals surface area contributed by atoms with E-state index in [0.717, 1.165) is 42.2 Å². The highest BCUT2D eigenvalue weighted by molar-refractivity contribution is 9.10. The molecule has 0 spiro atoms. The van der Waals surface area contributed by atoms with E-state index in [1.165, 1.54) is 12.0 Å². The fourth-order valence-electron chi connectivity index (χ4n) is 3.38. The monoisotopic (exact) mass is 518 g/mol. The van der Waals surface area contributed by atoms with Gasteiger partial charge in [-0.1, -0.05) is 20.8 Å². The molecule has 4 rings (SSSR count).